The van der Waals surface area contributed by atoms with Crippen molar-refractivity contribution in [1.82, 2.24) is 9.55 Å². The smallest absolute Gasteiger partial charge is 0.269 e. The van der Waals surface area contributed by atoms with Gasteiger partial charge in [-0.2, -0.15) is 0 Å². The Labute approximate surface area is 163 Å². The fraction of sp³-hybridized carbons (Fsp3) is 0.238. The lowest BCUT2D eigenvalue weighted by Gasteiger charge is -2.12. The van der Waals surface area contributed by atoms with Crippen molar-refractivity contribution in [3.05, 3.63) is 88.0 Å². The molecule has 1 heterocycles. The first kappa shape index (κ1) is 19.3. The molecule has 0 unspecified atom stereocenters. The number of rotatable bonds is 7. The van der Waals surface area contributed by atoms with Gasteiger partial charge in [-0.3, -0.25) is 14.9 Å². The third kappa shape index (κ3) is 4.82. The minimum Gasteiger partial charge on any atom is -0.330 e. The van der Waals surface area contributed by atoms with Crippen molar-refractivity contribution in [2.45, 2.75) is 32.7 Å². The molecule has 2 aromatic carbocycles. The summed E-state index contributed by atoms with van der Waals surface area (Å²) < 4.78 is 2.10. The van der Waals surface area contributed by atoms with Crippen LogP contribution in [-0.4, -0.2) is 20.4 Å². The predicted molar refractivity (Wildman–Crippen MR) is 107 cm³/mol. The molecular formula is C21H22N4O3. The summed E-state index contributed by atoms with van der Waals surface area (Å²) in [6.45, 7) is 4.89. The van der Waals surface area contributed by atoms with Crippen molar-refractivity contribution in [2.24, 2.45) is 0 Å². The minimum absolute atomic E-state index is 0.0112. The molecule has 3 rings (SSSR count). The standard InChI is InChI=1S/C21H22N4O3/c1-15(2)21-22-10-11-24(21)14-17-4-3-5-18(12-17)23-20(26)13-16-6-8-19(9-7-16)25(27)28/h3-12,15H,13-14H2,1-2H3,(H,23,26). The van der Waals surface area contributed by atoms with Gasteiger partial charge in [0.15, 0.2) is 0 Å². The average molecular weight is 378 g/mol. The van der Waals surface area contributed by atoms with Crippen molar-refractivity contribution in [1.29, 1.82) is 0 Å². The second-order valence-electron chi connectivity index (χ2n) is 6.92. The molecule has 144 valence electrons. The van der Waals surface area contributed by atoms with Gasteiger partial charge in [-0.15, -0.1) is 0 Å². The monoisotopic (exact) mass is 378 g/mol. The number of non-ortho nitro benzene ring substituents is 1. The van der Waals surface area contributed by atoms with Crippen molar-refractivity contribution in [2.75, 3.05) is 5.32 Å². The molecule has 7 nitrogen and oxygen atoms in total. The molecule has 1 N–H and O–H groups in total. The van der Waals surface area contributed by atoms with Crippen LogP contribution in [0.4, 0.5) is 11.4 Å². The van der Waals surface area contributed by atoms with Gasteiger partial charge in [0.25, 0.3) is 5.69 Å². The van der Waals surface area contributed by atoms with E-state index in [1.165, 1.54) is 12.1 Å². The number of amides is 1. The zero-order valence-electron chi connectivity index (χ0n) is 15.8. The van der Waals surface area contributed by atoms with Gasteiger partial charge < -0.3 is 9.88 Å². The van der Waals surface area contributed by atoms with E-state index >= 15 is 0 Å². The third-order valence-corrected chi connectivity index (χ3v) is 4.34. The zero-order valence-corrected chi connectivity index (χ0v) is 15.8. The van der Waals surface area contributed by atoms with Crippen LogP contribution in [0.2, 0.25) is 0 Å². The quantitative estimate of drug-likeness (QED) is 0.494. The maximum absolute atomic E-state index is 12.3. The summed E-state index contributed by atoms with van der Waals surface area (Å²) in [5.74, 6) is 1.18. The van der Waals surface area contributed by atoms with E-state index in [1.807, 2.05) is 30.5 Å². The number of imidazole rings is 1. The normalized spacial score (nSPS) is 10.8. The first-order valence-corrected chi connectivity index (χ1v) is 9.05. The van der Waals surface area contributed by atoms with Gasteiger partial charge in [0.05, 0.1) is 11.3 Å². The van der Waals surface area contributed by atoms with Gasteiger partial charge in [-0.05, 0) is 23.3 Å². The van der Waals surface area contributed by atoms with Crippen LogP contribution in [0.25, 0.3) is 0 Å². The van der Waals surface area contributed by atoms with E-state index in [2.05, 4.69) is 28.7 Å². The fourth-order valence-corrected chi connectivity index (χ4v) is 3.03. The van der Waals surface area contributed by atoms with Gasteiger partial charge in [-0.25, -0.2) is 4.98 Å². The van der Waals surface area contributed by atoms with Crippen LogP contribution in [0.15, 0.2) is 60.9 Å². The Kier molecular flexibility index (Phi) is 5.84. The van der Waals surface area contributed by atoms with Crippen molar-refractivity contribution in [3.63, 3.8) is 0 Å². The van der Waals surface area contributed by atoms with Gasteiger partial charge in [0.2, 0.25) is 5.91 Å². The molecule has 7 heteroatoms. The molecule has 0 aliphatic rings. The van der Waals surface area contributed by atoms with Crippen LogP contribution in [0.3, 0.4) is 0 Å². The second kappa shape index (κ2) is 8.47. The zero-order chi connectivity index (χ0) is 20.1. The number of nitro groups is 1. The van der Waals surface area contributed by atoms with E-state index in [4.69, 9.17) is 0 Å². The number of benzene rings is 2. The molecule has 0 saturated carbocycles. The Morgan fingerprint density at radius 3 is 2.61 bits per heavy atom. The number of nitrogens with one attached hydrogen (secondary N) is 1. The highest BCUT2D eigenvalue weighted by Gasteiger charge is 2.10. The van der Waals surface area contributed by atoms with Crippen molar-refractivity contribution < 1.29 is 9.72 Å². The summed E-state index contributed by atoms with van der Waals surface area (Å²) in [4.78, 5) is 27.0. The Balaban J connectivity index is 1.64. The van der Waals surface area contributed by atoms with Crippen molar-refractivity contribution in [3.8, 4) is 0 Å². The summed E-state index contributed by atoms with van der Waals surface area (Å²) in [5, 5.41) is 13.6. The van der Waals surface area contributed by atoms with E-state index in [0.717, 1.165) is 22.6 Å². The van der Waals surface area contributed by atoms with Crippen LogP contribution in [-0.2, 0) is 17.8 Å². The summed E-state index contributed by atoms with van der Waals surface area (Å²) in [6.07, 6.45) is 3.90. The lowest BCUT2D eigenvalue weighted by molar-refractivity contribution is -0.384. The first-order valence-electron chi connectivity index (χ1n) is 9.05. The molecule has 0 atom stereocenters. The van der Waals surface area contributed by atoms with Crippen LogP contribution in [0.5, 0.6) is 0 Å². The number of carbonyl (C=O) groups is 1. The average Bonchev–Trinajstić information content (AvgIpc) is 3.10. The van der Waals surface area contributed by atoms with Crippen LogP contribution in [0.1, 0.15) is 36.7 Å². The van der Waals surface area contributed by atoms with E-state index in [1.54, 1.807) is 18.3 Å². The number of nitrogens with zero attached hydrogens (tertiary/aromatic N) is 3. The molecule has 1 aromatic heterocycles. The molecule has 28 heavy (non-hydrogen) atoms. The van der Waals surface area contributed by atoms with E-state index in [0.29, 0.717) is 12.5 Å². The minimum atomic E-state index is -0.458. The molecule has 0 aliphatic carbocycles. The number of hydrogen-bond donors (Lipinski definition) is 1. The topological polar surface area (TPSA) is 90.1 Å². The second-order valence-corrected chi connectivity index (χ2v) is 6.92. The molecule has 0 bridgehead atoms. The Hall–Kier alpha value is -3.48. The number of hydrogen-bond acceptors (Lipinski definition) is 4. The van der Waals surface area contributed by atoms with E-state index in [9.17, 15) is 14.9 Å². The highest BCUT2D eigenvalue weighted by molar-refractivity contribution is 5.92. The first-order chi connectivity index (χ1) is 13.4. The molecule has 0 aliphatic heterocycles. The van der Waals surface area contributed by atoms with Gasteiger partial charge >= 0.3 is 0 Å². The molecule has 3 aromatic rings. The largest absolute Gasteiger partial charge is 0.330 e. The third-order valence-electron chi connectivity index (χ3n) is 4.34. The van der Waals surface area contributed by atoms with Gasteiger partial charge in [-0.1, -0.05) is 38.1 Å². The summed E-state index contributed by atoms with van der Waals surface area (Å²) >= 11 is 0. The molecule has 0 fully saturated rings. The Morgan fingerprint density at radius 1 is 1.18 bits per heavy atom. The maximum Gasteiger partial charge on any atom is 0.269 e. The molecule has 0 saturated heterocycles. The van der Waals surface area contributed by atoms with Crippen LogP contribution >= 0.6 is 0 Å². The number of anilines is 1. The summed E-state index contributed by atoms with van der Waals surface area (Å²) in [6, 6.07) is 13.7. The maximum atomic E-state index is 12.3. The molecule has 1 amide bonds. The molecule has 0 radical (unpaired) electrons. The van der Waals surface area contributed by atoms with Gasteiger partial charge in [0, 0.05) is 42.7 Å². The molecular weight excluding hydrogens is 356 g/mol. The van der Waals surface area contributed by atoms with Crippen LogP contribution < -0.4 is 5.32 Å². The predicted octanol–water partition coefficient (Wildman–Crippen LogP) is 4.14. The Morgan fingerprint density at radius 2 is 1.93 bits per heavy atom. The highest BCUT2D eigenvalue weighted by atomic mass is 16.6. The van der Waals surface area contributed by atoms with E-state index in [-0.39, 0.29) is 18.0 Å². The van der Waals surface area contributed by atoms with E-state index < -0.39 is 4.92 Å². The summed E-state index contributed by atoms with van der Waals surface area (Å²) in [7, 11) is 0. The number of carbonyl (C=O) groups excluding carboxylic acids is 1. The van der Waals surface area contributed by atoms with Crippen LogP contribution in [0, 0.1) is 10.1 Å². The lowest BCUT2D eigenvalue weighted by Crippen LogP contribution is -2.14. The number of aromatic nitrogens is 2. The summed E-state index contributed by atoms with van der Waals surface area (Å²) in [5.41, 5.74) is 2.51. The Bertz CT molecular complexity index is 977. The fourth-order valence-electron chi connectivity index (χ4n) is 3.03. The SMILES string of the molecule is CC(C)c1nccn1Cc1cccc(NC(=O)Cc2ccc([N+](=O)[O-])cc2)c1. The van der Waals surface area contributed by atoms with Gasteiger partial charge in [0.1, 0.15) is 5.82 Å². The highest BCUT2D eigenvalue weighted by Crippen LogP contribution is 2.17. The molecule has 0 spiro atoms. The van der Waals surface area contributed by atoms with Crippen molar-refractivity contribution >= 4 is 17.3 Å². The number of nitro benzene ring substituents is 1. The lowest BCUT2D eigenvalue weighted by atomic mass is 10.1.